The van der Waals surface area contributed by atoms with Crippen LogP contribution in [0.3, 0.4) is 0 Å². The number of nitrogen functional groups attached to an aromatic ring is 1. The van der Waals surface area contributed by atoms with E-state index in [2.05, 4.69) is 39.3 Å². The number of anilines is 1. The van der Waals surface area contributed by atoms with Crippen LogP contribution >= 0.6 is 0 Å². The molecule has 1 saturated carbocycles. The Balaban J connectivity index is 1.99. The highest BCUT2D eigenvalue weighted by atomic mass is 16.6. The van der Waals surface area contributed by atoms with Crippen molar-refractivity contribution in [2.24, 2.45) is 0 Å². The Labute approximate surface area is 112 Å². The molecule has 1 amide bonds. The van der Waals surface area contributed by atoms with E-state index in [1.54, 1.807) is 0 Å². The fraction of sp³-hybridized carbons (Fsp3) is 0.750. The van der Waals surface area contributed by atoms with Gasteiger partial charge in [0.2, 0.25) is 11.5 Å². The zero-order chi connectivity index (χ0) is 13.9. The SMILES string of the molecule is CN(C)C1(CNC(=O)c2nonc2N)CCCCC1. The molecule has 1 aliphatic carbocycles. The van der Waals surface area contributed by atoms with Crippen LogP contribution in [0, 0.1) is 0 Å². The molecule has 106 valence electrons. The smallest absolute Gasteiger partial charge is 0.277 e. The van der Waals surface area contributed by atoms with Gasteiger partial charge in [0.25, 0.3) is 5.91 Å². The van der Waals surface area contributed by atoms with Gasteiger partial charge in [-0.1, -0.05) is 19.3 Å². The fourth-order valence-electron chi connectivity index (χ4n) is 2.67. The van der Waals surface area contributed by atoms with Crippen LogP contribution in [-0.2, 0) is 0 Å². The lowest BCUT2D eigenvalue weighted by atomic mass is 9.80. The number of carbonyl (C=O) groups is 1. The first-order chi connectivity index (χ1) is 9.05. The Morgan fingerprint density at radius 3 is 2.58 bits per heavy atom. The van der Waals surface area contributed by atoms with Gasteiger partial charge in [-0.3, -0.25) is 4.79 Å². The summed E-state index contributed by atoms with van der Waals surface area (Å²) in [5.41, 5.74) is 5.59. The van der Waals surface area contributed by atoms with Crippen LogP contribution in [0.25, 0.3) is 0 Å². The third kappa shape index (κ3) is 2.86. The third-order valence-corrected chi connectivity index (χ3v) is 4.04. The highest BCUT2D eigenvalue weighted by Crippen LogP contribution is 2.31. The van der Waals surface area contributed by atoms with E-state index in [1.165, 1.54) is 19.3 Å². The minimum absolute atomic E-state index is 0.0276. The predicted octanol–water partition coefficient (Wildman–Crippen LogP) is 0.646. The molecule has 2 rings (SSSR count). The largest absolute Gasteiger partial charge is 0.379 e. The quantitative estimate of drug-likeness (QED) is 0.831. The monoisotopic (exact) mass is 267 g/mol. The Morgan fingerprint density at radius 2 is 2.05 bits per heavy atom. The molecule has 1 heterocycles. The van der Waals surface area contributed by atoms with E-state index in [0.29, 0.717) is 6.54 Å². The van der Waals surface area contributed by atoms with E-state index in [4.69, 9.17) is 5.73 Å². The van der Waals surface area contributed by atoms with Gasteiger partial charge in [0.15, 0.2) is 0 Å². The zero-order valence-electron chi connectivity index (χ0n) is 11.5. The number of nitrogens with zero attached hydrogens (tertiary/aromatic N) is 3. The summed E-state index contributed by atoms with van der Waals surface area (Å²) in [7, 11) is 4.12. The first-order valence-electron chi connectivity index (χ1n) is 6.59. The summed E-state index contributed by atoms with van der Waals surface area (Å²) in [6.45, 7) is 0.588. The Bertz CT molecular complexity index is 437. The van der Waals surface area contributed by atoms with Crippen molar-refractivity contribution >= 4 is 11.7 Å². The van der Waals surface area contributed by atoms with E-state index in [9.17, 15) is 4.79 Å². The first kappa shape index (κ1) is 13.8. The number of nitrogens with two attached hydrogens (primary N) is 1. The summed E-state index contributed by atoms with van der Waals surface area (Å²) in [5.74, 6) is -0.300. The zero-order valence-corrected chi connectivity index (χ0v) is 11.5. The molecular weight excluding hydrogens is 246 g/mol. The van der Waals surface area contributed by atoms with Gasteiger partial charge in [0.1, 0.15) is 0 Å². The van der Waals surface area contributed by atoms with Gasteiger partial charge in [-0.25, -0.2) is 4.63 Å². The summed E-state index contributed by atoms with van der Waals surface area (Å²) >= 11 is 0. The normalized spacial score (nSPS) is 18.5. The highest BCUT2D eigenvalue weighted by molar-refractivity contribution is 5.96. The average molecular weight is 267 g/mol. The van der Waals surface area contributed by atoms with E-state index in [1.807, 2.05) is 0 Å². The number of rotatable bonds is 4. The van der Waals surface area contributed by atoms with E-state index in [-0.39, 0.29) is 23.0 Å². The molecule has 1 aromatic rings. The maximum absolute atomic E-state index is 12.0. The molecule has 7 nitrogen and oxygen atoms in total. The summed E-state index contributed by atoms with van der Waals surface area (Å²) in [6.07, 6.45) is 5.84. The summed E-state index contributed by atoms with van der Waals surface area (Å²) in [4.78, 5) is 14.2. The lowest BCUT2D eigenvalue weighted by Crippen LogP contribution is -2.53. The second-order valence-corrected chi connectivity index (χ2v) is 5.36. The molecule has 7 heteroatoms. The molecular formula is C12H21N5O2. The Kier molecular flexibility index (Phi) is 4.04. The predicted molar refractivity (Wildman–Crippen MR) is 70.5 cm³/mol. The molecule has 0 aliphatic heterocycles. The molecule has 3 N–H and O–H groups in total. The molecule has 0 atom stereocenters. The van der Waals surface area contributed by atoms with Crippen molar-refractivity contribution in [2.45, 2.75) is 37.6 Å². The maximum Gasteiger partial charge on any atom is 0.277 e. The number of aromatic nitrogens is 2. The van der Waals surface area contributed by atoms with E-state index >= 15 is 0 Å². The summed E-state index contributed by atoms with van der Waals surface area (Å²) < 4.78 is 4.43. The standard InChI is InChI=1S/C12H21N5O2/c1-17(2)12(6-4-3-5-7-12)8-14-11(18)9-10(13)16-19-15-9/h3-8H2,1-2H3,(H2,13,16)(H,14,18). The van der Waals surface area contributed by atoms with Crippen molar-refractivity contribution in [2.75, 3.05) is 26.4 Å². The minimum atomic E-state index is -0.328. The minimum Gasteiger partial charge on any atom is -0.379 e. The number of amides is 1. The van der Waals surface area contributed by atoms with Crippen LogP contribution in [0.1, 0.15) is 42.6 Å². The van der Waals surface area contributed by atoms with Crippen molar-refractivity contribution in [1.29, 1.82) is 0 Å². The molecule has 1 fully saturated rings. The molecule has 1 aromatic heterocycles. The van der Waals surface area contributed by atoms with Crippen molar-refractivity contribution in [1.82, 2.24) is 20.5 Å². The van der Waals surface area contributed by atoms with Crippen LogP contribution in [0.15, 0.2) is 4.63 Å². The van der Waals surface area contributed by atoms with Gasteiger partial charge in [-0.15, -0.1) is 0 Å². The molecule has 0 radical (unpaired) electrons. The first-order valence-corrected chi connectivity index (χ1v) is 6.59. The number of carbonyl (C=O) groups excluding carboxylic acids is 1. The van der Waals surface area contributed by atoms with Crippen LogP contribution in [0.4, 0.5) is 5.82 Å². The van der Waals surface area contributed by atoms with Crippen molar-refractivity contribution < 1.29 is 9.42 Å². The van der Waals surface area contributed by atoms with Crippen LogP contribution < -0.4 is 11.1 Å². The second-order valence-electron chi connectivity index (χ2n) is 5.36. The molecule has 0 saturated heterocycles. The Morgan fingerprint density at radius 1 is 1.37 bits per heavy atom. The molecule has 1 aliphatic rings. The number of hydrogen-bond acceptors (Lipinski definition) is 6. The van der Waals surface area contributed by atoms with Crippen LogP contribution in [-0.4, -0.2) is 47.3 Å². The highest BCUT2D eigenvalue weighted by Gasteiger charge is 2.34. The number of nitrogens with one attached hydrogen (secondary N) is 1. The van der Waals surface area contributed by atoms with Crippen molar-refractivity contribution in [3.05, 3.63) is 5.69 Å². The lowest BCUT2D eigenvalue weighted by Gasteiger charge is -2.43. The molecule has 0 spiro atoms. The Hall–Kier alpha value is -1.63. The molecule has 0 unspecified atom stereocenters. The van der Waals surface area contributed by atoms with Gasteiger partial charge in [-0.05, 0) is 37.3 Å². The van der Waals surface area contributed by atoms with Gasteiger partial charge in [0, 0.05) is 12.1 Å². The number of likely N-dealkylation sites (N-methyl/N-ethyl adjacent to an activating group) is 1. The topological polar surface area (TPSA) is 97.3 Å². The van der Waals surface area contributed by atoms with Crippen molar-refractivity contribution in [3.63, 3.8) is 0 Å². The average Bonchev–Trinajstić information content (AvgIpc) is 2.83. The van der Waals surface area contributed by atoms with E-state index < -0.39 is 0 Å². The molecule has 0 bridgehead atoms. The maximum atomic E-state index is 12.0. The van der Waals surface area contributed by atoms with Gasteiger partial charge in [0.05, 0.1) is 0 Å². The molecule has 19 heavy (non-hydrogen) atoms. The van der Waals surface area contributed by atoms with Gasteiger partial charge >= 0.3 is 0 Å². The fourth-order valence-corrected chi connectivity index (χ4v) is 2.67. The second kappa shape index (κ2) is 5.56. The third-order valence-electron chi connectivity index (χ3n) is 4.04. The van der Waals surface area contributed by atoms with Crippen LogP contribution in [0.2, 0.25) is 0 Å². The lowest BCUT2D eigenvalue weighted by molar-refractivity contribution is 0.0793. The van der Waals surface area contributed by atoms with Crippen molar-refractivity contribution in [3.8, 4) is 0 Å². The van der Waals surface area contributed by atoms with Crippen LogP contribution in [0.5, 0.6) is 0 Å². The summed E-state index contributed by atoms with van der Waals surface area (Å²) in [6, 6.07) is 0. The van der Waals surface area contributed by atoms with Gasteiger partial charge in [-0.2, -0.15) is 0 Å². The van der Waals surface area contributed by atoms with E-state index in [0.717, 1.165) is 12.8 Å². The number of hydrogen-bond donors (Lipinski definition) is 2. The summed E-state index contributed by atoms with van der Waals surface area (Å²) in [5, 5.41) is 9.81. The van der Waals surface area contributed by atoms with Gasteiger partial charge < -0.3 is 16.0 Å². The molecule has 0 aromatic carbocycles.